The number of halogens is 1. The van der Waals surface area contributed by atoms with Crippen LogP contribution < -0.4 is 0 Å². The molecule has 1 aliphatic rings. The Balaban J connectivity index is 2.32. The number of amides is 2. The molecule has 2 amide bonds. The van der Waals surface area contributed by atoms with Crippen molar-refractivity contribution in [1.82, 2.24) is 9.91 Å². The third kappa shape index (κ3) is 2.47. The van der Waals surface area contributed by atoms with Gasteiger partial charge in [0.2, 0.25) is 0 Å². The molecular formula is C13H12ClN3O. The van der Waals surface area contributed by atoms with E-state index in [1.807, 2.05) is 12.1 Å². The summed E-state index contributed by atoms with van der Waals surface area (Å²) in [4.78, 5) is 13.4. The minimum absolute atomic E-state index is 0.167. The summed E-state index contributed by atoms with van der Waals surface area (Å²) >= 11 is 5.84. The maximum atomic E-state index is 11.8. The molecule has 92 valence electrons. The van der Waals surface area contributed by atoms with Crippen molar-refractivity contribution >= 4 is 23.3 Å². The summed E-state index contributed by atoms with van der Waals surface area (Å²) in [5, 5.41) is 6.23. The van der Waals surface area contributed by atoms with Crippen LogP contribution in [0, 0.1) is 12.3 Å². The summed E-state index contributed by atoms with van der Waals surface area (Å²) in [7, 11) is 1.72. The van der Waals surface area contributed by atoms with Crippen molar-refractivity contribution in [2.45, 2.75) is 0 Å². The molecule has 1 aromatic carbocycles. The first-order chi connectivity index (χ1) is 8.61. The molecule has 0 N–H and O–H groups in total. The van der Waals surface area contributed by atoms with E-state index < -0.39 is 0 Å². The molecule has 0 unspecified atom stereocenters. The third-order valence-electron chi connectivity index (χ3n) is 2.59. The lowest BCUT2D eigenvalue weighted by Gasteiger charge is -2.29. The van der Waals surface area contributed by atoms with E-state index in [1.165, 1.54) is 5.01 Å². The fraction of sp³-hybridized carbons (Fsp3) is 0.231. The zero-order valence-electron chi connectivity index (χ0n) is 9.93. The van der Waals surface area contributed by atoms with E-state index in [0.29, 0.717) is 11.6 Å². The quantitative estimate of drug-likeness (QED) is 0.751. The molecule has 0 saturated carbocycles. The highest BCUT2D eigenvalue weighted by atomic mass is 35.5. The first-order valence-electron chi connectivity index (χ1n) is 5.41. The van der Waals surface area contributed by atoms with E-state index in [2.05, 4.69) is 11.0 Å². The number of hydrogen-bond acceptors (Lipinski definition) is 2. The van der Waals surface area contributed by atoms with Crippen LogP contribution in [0.4, 0.5) is 4.79 Å². The monoisotopic (exact) mass is 261 g/mol. The molecule has 0 radical (unpaired) electrons. The Morgan fingerprint density at radius 2 is 2.11 bits per heavy atom. The fourth-order valence-electron chi connectivity index (χ4n) is 1.69. The second-order valence-electron chi connectivity index (χ2n) is 3.95. The van der Waals surface area contributed by atoms with Crippen molar-refractivity contribution in [2.75, 3.05) is 20.1 Å². The lowest BCUT2D eigenvalue weighted by molar-refractivity contribution is 0.170. The average Bonchev–Trinajstić information content (AvgIpc) is 2.36. The Morgan fingerprint density at radius 3 is 2.72 bits per heavy atom. The van der Waals surface area contributed by atoms with Gasteiger partial charge in [-0.25, -0.2) is 9.80 Å². The first kappa shape index (κ1) is 12.5. The molecule has 0 aromatic heterocycles. The Bertz CT molecular complexity index is 530. The number of benzene rings is 1. The summed E-state index contributed by atoms with van der Waals surface area (Å²) in [6.45, 7) is 0.627. The van der Waals surface area contributed by atoms with E-state index in [9.17, 15) is 4.79 Å². The number of likely N-dealkylation sites (N-methyl/N-ethyl adjacent to an activating group) is 1. The number of carbonyl (C=O) groups is 1. The molecule has 1 aromatic rings. The zero-order valence-corrected chi connectivity index (χ0v) is 10.7. The molecule has 0 atom stereocenters. The summed E-state index contributed by atoms with van der Waals surface area (Å²) in [5.74, 6) is 2.42. The predicted octanol–water partition coefficient (Wildman–Crippen LogP) is 2.04. The normalized spacial score (nSPS) is 15.4. The topological polar surface area (TPSA) is 35.9 Å². The van der Waals surface area contributed by atoms with Crippen molar-refractivity contribution in [3.63, 3.8) is 0 Å². The second-order valence-corrected chi connectivity index (χ2v) is 4.39. The van der Waals surface area contributed by atoms with Crippen LogP contribution in [-0.4, -0.2) is 41.8 Å². The van der Waals surface area contributed by atoms with Crippen LogP contribution in [0.3, 0.4) is 0 Å². The number of nitrogens with zero attached hydrogens (tertiary/aromatic N) is 3. The number of urea groups is 1. The van der Waals surface area contributed by atoms with Crippen molar-refractivity contribution in [3.05, 3.63) is 34.9 Å². The van der Waals surface area contributed by atoms with Crippen molar-refractivity contribution in [2.24, 2.45) is 5.10 Å². The van der Waals surface area contributed by atoms with Crippen molar-refractivity contribution in [3.8, 4) is 12.3 Å². The van der Waals surface area contributed by atoms with Gasteiger partial charge < -0.3 is 4.90 Å². The Morgan fingerprint density at radius 1 is 1.44 bits per heavy atom. The van der Waals surface area contributed by atoms with Crippen LogP contribution in [0.1, 0.15) is 5.56 Å². The molecule has 0 fully saturated rings. The van der Waals surface area contributed by atoms with Gasteiger partial charge in [0.1, 0.15) is 6.54 Å². The Hall–Kier alpha value is -1.99. The van der Waals surface area contributed by atoms with Gasteiger partial charge in [-0.05, 0) is 17.7 Å². The third-order valence-corrected chi connectivity index (χ3v) is 2.85. The molecule has 18 heavy (non-hydrogen) atoms. The molecule has 2 rings (SSSR count). The van der Waals surface area contributed by atoms with Gasteiger partial charge in [-0.3, -0.25) is 0 Å². The van der Waals surface area contributed by atoms with Gasteiger partial charge in [0, 0.05) is 12.1 Å². The number of hydrogen-bond donors (Lipinski definition) is 0. The highest BCUT2D eigenvalue weighted by Crippen LogP contribution is 2.14. The van der Waals surface area contributed by atoms with Gasteiger partial charge in [-0.2, -0.15) is 5.10 Å². The molecule has 0 saturated heterocycles. The zero-order chi connectivity index (χ0) is 13.1. The maximum absolute atomic E-state index is 11.8. The standard InChI is InChI=1S/C13H12ClN3O/c1-3-8-17-13(18)16(2)9-12(15-17)10-4-6-11(14)7-5-10/h1,4-7H,8-9H2,2H3. The smallest absolute Gasteiger partial charge is 0.320 e. The molecular weight excluding hydrogens is 250 g/mol. The molecule has 0 aliphatic carbocycles. The largest absolute Gasteiger partial charge is 0.341 e. The Labute approximate surface area is 111 Å². The van der Waals surface area contributed by atoms with Crippen LogP contribution in [0.15, 0.2) is 29.4 Å². The summed E-state index contributed by atoms with van der Waals surface area (Å²) < 4.78 is 0. The van der Waals surface area contributed by atoms with Gasteiger partial charge in [-0.15, -0.1) is 6.42 Å². The molecule has 5 heteroatoms. The van der Waals surface area contributed by atoms with Crippen LogP contribution in [0.5, 0.6) is 0 Å². The van der Waals surface area contributed by atoms with E-state index in [4.69, 9.17) is 18.0 Å². The van der Waals surface area contributed by atoms with Gasteiger partial charge in [0.25, 0.3) is 0 Å². The lowest BCUT2D eigenvalue weighted by atomic mass is 10.1. The Kier molecular flexibility index (Phi) is 3.54. The van der Waals surface area contributed by atoms with Gasteiger partial charge >= 0.3 is 6.03 Å². The summed E-state index contributed by atoms with van der Waals surface area (Å²) in [6.07, 6.45) is 5.22. The summed E-state index contributed by atoms with van der Waals surface area (Å²) in [5.41, 5.74) is 1.73. The lowest BCUT2D eigenvalue weighted by Crippen LogP contribution is -2.46. The molecule has 1 heterocycles. The summed E-state index contributed by atoms with van der Waals surface area (Å²) in [6, 6.07) is 7.14. The van der Waals surface area contributed by atoms with Crippen LogP contribution in [-0.2, 0) is 0 Å². The van der Waals surface area contributed by atoms with Crippen LogP contribution in [0.2, 0.25) is 5.02 Å². The van der Waals surface area contributed by atoms with Crippen molar-refractivity contribution < 1.29 is 4.79 Å². The van der Waals surface area contributed by atoms with E-state index in [0.717, 1.165) is 11.3 Å². The van der Waals surface area contributed by atoms with E-state index in [-0.39, 0.29) is 12.6 Å². The predicted molar refractivity (Wildman–Crippen MR) is 71.6 cm³/mol. The SMILES string of the molecule is C#CCN1N=C(c2ccc(Cl)cc2)CN(C)C1=O. The average molecular weight is 262 g/mol. The molecule has 0 bridgehead atoms. The molecule has 1 aliphatic heterocycles. The minimum Gasteiger partial charge on any atom is -0.320 e. The second kappa shape index (κ2) is 5.11. The maximum Gasteiger partial charge on any atom is 0.341 e. The van der Waals surface area contributed by atoms with Crippen LogP contribution >= 0.6 is 11.6 Å². The molecule has 4 nitrogen and oxygen atoms in total. The minimum atomic E-state index is -0.189. The van der Waals surface area contributed by atoms with E-state index >= 15 is 0 Å². The van der Waals surface area contributed by atoms with Crippen molar-refractivity contribution in [1.29, 1.82) is 0 Å². The number of terminal acetylenes is 1. The van der Waals surface area contributed by atoms with Gasteiger partial charge in [-0.1, -0.05) is 29.7 Å². The highest BCUT2D eigenvalue weighted by Gasteiger charge is 2.24. The number of carbonyl (C=O) groups excluding carboxylic acids is 1. The van der Waals surface area contributed by atoms with Gasteiger partial charge in [0.15, 0.2) is 0 Å². The number of hydrazone groups is 1. The van der Waals surface area contributed by atoms with Gasteiger partial charge in [0.05, 0.1) is 12.3 Å². The molecule has 0 spiro atoms. The highest BCUT2D eigenvalue weighted by molar-refractivity contribution is 6.30. The fourth-order valence-corrected chi connectivity index (χ4v) is 1.82. The van der Waals surface area contributed by atoms with E-state index in [1.54, 1.807) is 24.1 Å². The number of rotatable bonds is 2. The van der Waals surface area contributed by atoms with Crippen LogP contribution in [0.25, 0.3) is 0 Å². The first-order valence-corrected chi connectivity index (χ1v) is 5.79.